The van der Waals surface area contributed by atoms with E-state index >= 15 is 0 Å². The number of benzene rings is 4. The van der Waals surface area contributed by atoms with Crippen molar-refractivity contribution in [3.8, 4) is 23.0 Å². The third-order valence-electron chi connectivity index (χ3n) is 6.12. The zero-order chi connectivity index (χ0) is 29.3. The largest absolute Gasteiger partial charge is 0.493 e. The fourth-order valence-electron chi connectivity index (χ4n) is 4.14. The Morgan fingerprint density at radius 3 is 2.31 bits per heavy atom. The number of rotatable bonds is 11. The molecule has 0 atom stereocenters. The summed E-state index contributed by atoms with van der Waals surface area (Å²) in [4.78, 5) is 17.5. The number of carbonyl (C=O) groups excluding carboxylic acids is 1. The van der Waals surface area contributed by atoms with Crippen LogP contribution in [0.4, 0.5) is 5.69 Å². The van der Waals surface area contributed by atoms with E-state index in [0.717, 1.165) is 16.8 Å². The predicted molar refractivity (Wildman–Crippen MR) is 168 cm³/mol. The summed E-state index contributed by atoms with van der Waals surface area (Å²) in [7, 11) is 1.54. The van der Waals surface area contributed by atoms with Crippen LogP contribution < -0.4 is 24.3 Å². The first-order chi connectivity index (χ1) is 20.5. The van der Waals surface area contributed by atoms with Crippen LogP contribution in [0.5, 0.6) is 23.0 Å². The number of carbonyl (C=O) groups is 1. The molecule has 4 aromatic carbocycles. The van der Waals surface area contributed by atoms with Crippen molar-refractivity contribution in [2.75, 3.05) is 13.7 Å². The number of nitrogens with one attached hydrogen (secondary N) is 1. The monoisotopic (exact) mass is 600 g/mol. The zero-order valence-corrected chi connectivity index (χ0v) is 24.7. The van der Waals surface area contributed by atoms with Gasteiger partial charge in [-0.3, -0.25) is 4.79 Å². The van der Waals surface area contributed by atoms with E-state index in [-0.39, 0.29) is 12.5 Å². The number of para-hydroxylation sites is 1. The Balaban J connectivity index is 1.28. The maximum atomic E-state index is 12.6. The Bertz CT molecular complexity index is 1610. The van der Waals surface area contributed by atoms with Gasteiger partial charge in [0.2, 0.25) is 0 Å². The van der Waals surface area contributed by atoms with Crippen molar-refractivity contribution < 1.29 is 23.7 Å². The lowest BCUT2D eigenvalue weighted by Crippen LogP contribution is -2.19. The first kappa shape index (κ1) is 29.1. The summed E-state index contributed by atoms with van der Waals surface area (Å²) >= 11 is 7.89. The second-order valence-electron chi connectivity index (χ2n) is 9.13. The molecule has 9 heteroatoms. The molecular weight excluding hydrogens is 572 g/mol. The van der Waals surface area contributed by atoms with E-state index < -0.39 is 0 Å². The first-order valence-corrected chi connectivity index (χ1v) is 14.5. The highest BCUT2D eigenvalue weighted by atomic mass is 35.5. The average molecular weight is 601 g/mol. The minimum absolute atomic E-state index is 0.229. The van der Waals surface area contributed by atoms with Crippen molar-refractivity contribution in [2.45, 2.75) is 20.1 Å². The fourth-order valence-corrected chi connectivity index (χ4v) is 5.25. The number of hydrogen-bond donors (Lipinski definition) is 1. The van der Waals surface area contributed by atoms with Crippen LogP contribution in [-0.4, -0.2) is 24.8 Å². The van der Waals surface area contributed by atoms with Gasteiger partial charge in [0.05, 0.1) is 29.3 Å². The number of hydrogen-bond acceptors (Lipinski definition) is 7. The molecule has 7 nitrogen and oxygen atoms in total. The van der Waals surface area contributed by atoms with Crippen LogP contribution in [0, 0.1) is 0 Å². The van der Waals surface area contributed by atoms with Crippen molar-refractivity contribution >= 4 is 46.2 Å². The van der Waals surface area contributed by atoms with Gasteiger partial charge in [-0.2, -0.15) is 0 Å². The van der Waals surface area contributed by atoms with Crippen LogP contribution in [0.25, 0.3) is 6.08 Å². The second kappa shape index (κ2) is 14.0. The van der Waals surface area contributed by atoms with E-state index in [0.29, 0.717) is 56.9 Å². The van der Waals surface area contributed by atoms with E-state index in [9.17, 15) is 4.79 Å². The molecule has 0 aliphatic carbocycles. The lowest BCUT2D eigenvalue weighted by molar-refractivity contribution is -0.115. The minimum Gasteiger partial charge on any atom is -0.493 e. The van der Waals surface area contributed by atoms with Gasteiger partial charge in [-0.25, -0.2) is 4.99 Å². The molecule has 214 valence electrons. The maximum absolute atomic E-state index is 12.6. The van der Waals surface area contributed by atoms with Crippen molar-refractivity contribution in [1.82, 2.24) is 5.32 Å². The number of aliphatic imine (C=N–C) groups is 1. The number of amides is 1. The van der Waals surface area contributed by atoms with Gasteiger partial charge in [-0.1, -0.05) is 66.2 Å². The number of halogens is 1. The average Bonchev–Trinajstić information content (AvgIpc) is 3.34. The predicted octanol–water partition coefficient (Wildman–Crippen LogP) is 7.80. The van der Waals surface area contributed by atoms with Crippen LogP contribution in [-0.2, 0) is 18.0 Å². The second-order valence-corrected chi connectivity index (χ2v) is 10.6. The van der Waals surface area contributed by atoms with Crippen LogP contribution >= 0.6 is 23.4 Å². The van der Waals surface area contributed by atoms with E-state index in [1.807, 2.05) is 85.8 Å². The van der Waals surface area contributed by atoms with Crippen LogP contribution in [0.1, 0.15) is 23.6 Å². The summed E-state index contributed by atoms with van der Waals surface area (Å²) in [5.41, 5.74) is 3.40. The Labute approximate surface area is 254 Å². The lowest BCUT2D eigenvalue weighted by Gasteiger charge is -2.16. The molecule has 1 aliphatic heterocycles. The van der Waals surface area contributed by atoms with E-state index in [2.05, 4.69) is 10.3 Å². The molecule has 0 aromatic heterocycles. The maximum Gasteiger partial charge on any atom is 0.264 e. The molecule has 4 aromatic rings. The highest BCUT2D eigenvalue weighted by Crippen LogP contribution is 2.39. The SMILES string of the molecule is CCOc1cc(COc2c(Cl)cc(/C=C3/SC(=Nc4ccccc4)NC3=O)cc2OC)ccc1OCc1ccccc1. The highest BCUT2D eigenvalue weighted by molar-refractivity contribution is 8.18. The molecule has 0 spiro atoms. The molecule has 1 saturated heterocycles. The quantitative estimate of drug-likeness (QED) is 0.177. The first-order valence-electron chi connectivity index (χ1n) is 13.3. The minimum atomic E-state index is -0.230. The molecule has 1 fully saturated rings. The number of amidine groups is 1. The Hall–Kier alpha value is -4.40. The van der Waals surface area contributed by atoms with Gasteiger partial charge in [0.15, 0.2) is 28.2 Å². The summed E-state index contributed by atoms with van der Waals surface area (Å²) in [5.74, 6) is 1.91. The summed E-state index contributed by atoms with van der Waals surface area (Å²) in [5, 5.41) is 3.67. The smallest absolute Gasteiger partial charge is 0.264 e. The summed E-state index contributed by atoms with van der Waals surface area (Å²) in [6, 6.07) is 28.6. The van der Waals surface area contributed by atoms with Gasteiger partial charge in [0.1, 0.15) is 13.2 Å². The molecule has 0 unspecified atom stereocenters. The van der Waals surface area contributed by atoms with Gasteiger partial charge >= 0.3 is 0 Å². The molecule has 0 saturated carbocycles. The summed E-state index contributed by atoms with van der Waals surface area (Å²) < 4.78 is 23.5. The Morgan fingerprint density at radius 2 is 1.57 bits per heavy atom. The van der Waals surface area contributed by atoms with Crippen LogP contribution in [0.3, 0.4) is 0 Å². The molecule has 1 amide bonds. The topological polar surface area (TPSA) is 78.4 Å². The molecule has 1 heterocycles. The zero-order valence-electron chi connectivity index (χ0n) is 23.1. The molecular formula is C33H29ClN2O5S. The van der Waals surface area contributed by atoms with Gasteiger partial charge in [-0.15, -0.1) is 0 Å². The molecule has 1 aliphatic rings. The van der Waals surface area contributed by atoms with E-state index in [4.69, 9.17) is 30.5 Å². The number of methoxy groups -OCH3 is 1. The number of ether oxygens (including phenoxy) is 4. The third kappa shape index (κ3) is 7.46. The standard InChI is InChI=1S/C33H29ClN2O5S/c1-3-39-28-17-23(14-15-27(28)40-20-22-10-6-4-7-11-22)21-41-31-26(34)16-24(18-29(31)38-2)19-30-32(37)36-33(42-30)35-25-12-8-5-9-13-25/h4-19H,3,20-21H2,1-2H3,(H,35,36,37)/b30-19+. The normalized spacial score (nSPS) is 14.6. The number of nitrogens with zero attached hydrogens (tertiary/aromatic N) is 1. The van der Waals surface area contributed by atoms with Gasteiger partial charge in [-0.05, 0) is 77.9 Å². The van der Waals surface area contributed by atoms with Crippen molar-refractivity contribution in [3.05, 3.63) is 118 Å². The summed E-state index contributed by atoms with van der Waals surface area (Å²) in [6.45, 7) is 3.09. The molecule has 5 rings (SSSR count). The highest BCUT2D eigenvalue weighted by Gasteiger charge is 2.24. The summed E-state index contributed by atoms with van der Waals surface area (Å²) in [6.07, 6.45) is 1.74. The third-order valence-corrected chi connectivity index (χ3v) is 7.31. The van der Waals surface area contributed by atoms with E-state index in [1.54, 1.807) is 25.3 Å². The molecule has 0 radical (unpaired) electrons. The Kier molecular flexibility index (Phi) is 9.69. The molecule has 1 N–H and O–H groups in total. The van der Waals surface area contributed by atoms with Gasteiger partial charge < -0.3 is 24.3 Å². The van der Waals surface area contributed by atoms with E-state index in [1.165, 1.54) is 11.8 Å². The fraction of sp³-hybridized carbons (Fsp3) is 0.152. The van der Waals surface area contributed by atoms with Gasteiger partial charge in [0.25, 0.3) is 5.91 Å². The van der Waals surface area contributed by atoms with Gasteiger partial charge in [0, 0.05) is 0 Å². The molecule has 0 bridgehead atoms. The van der Waals surface area contributed by atoms with Crippen LogP contribution in [0.2, 0.25) is 5.02 Å². The molecule has 42 heavy (non-hydrogen) atoms. The van der Waals surface area contributed by atoms with Crippen molar-refractivity contribution in [1.29, 1.82) is 0 Å². The van der Waals surface area contributed by atoms with Crippen LogP contribution in [0.15, 0.2) is 101 Å². The van der Waals surface area contributed by atoms with Crippen molar-refractivity contribution in [2.24, 2.45) is 4.99 Å². The lowest BCUT2D eigenvalue weighted by atomic mass is 10.1. The number of thioether (sulfide) groups is 1. The van der Waals surface area contributed by atoms with Crippen molar-refractivity contribution in [3.63, 3.8) is 0 Å². The Morgan fingerprint density at radius 1 is 0.833 bits per heavy atom.